The lowest BCUT2D eigenvalue weighted by Crippen LogP contribution is -2.50. The first-order chi connectivity index (χ1) is 10.1. The highest BCUT2D eigenvalue weighted by atomic mass is 16.4. The first-order valence-electron chi connectivity index (χ1n) is 7.17. The molecule has 1 saturated heterocycles. The van der Waals surface area contributed by atoms with Crippen molar-refractivity contribution in [2.24, 2.45) is 0 Å². The first-order valence-corrected chi connectivity index (χ1v) is 7.17. The third-order valence-corrected chi connectivity index (χ3v) is 3.72. The fourth-order valence-corrected chi connectivity index (χ4v) is 2.66. The first kappa shape index (κ1) is 15.4. The number of hydrogen-bond acceptors (Lipinski definition) is 4. The number of pyridine rings is 1. The van der Waals surface area contributed by atoms with Gasteiger partial charge in [-0.2, -0.15) is 0 Å². The van der Waals surface area contributed by atoms with E-state index in [2.05, 4.69) is 4.98 Å². The zero-order chi connectivity index (χ0) is 15.2. The Balaban J connectivity index is 1.91. The third-order valence-electron chi connectivity index (χ3n) is 3.72. The van der Waals surface area contributed by atoms with Gasteiger partial charge in [0, 0.05) is 25.5 Å². The van der Waals surface area contributed by atoms with Crippen LogP contribution in [0.4, 0.5) is 0 Å². The zero-order valence-electron chi connectivity index (χ0n) is 12.2. The second-order valence-corrected chi connectivity index (χ2v) is 5.46. The number of aliphatic carboxylic acids is 1. The standard InChI is InChI=1S/C15H21N3O3/c1-17(10-12-5-7-16-8-6-12)11-14(19)18-9-3-2-4-13(18)15(20)21/h5-8,13H,2-4,9-11H2,1H3,(H,20,21)/t13-/m0/s1. The predicted octanol–water partition coefficient (Wildman–Crippen LogP) is 0.979. The number of hydrogen-bond donors (Lipinski definition) is 1. The van der Waals surface area contributed by atoms with E-state index >= 15 is 0 Å². The Hall–Kier alpha value is -1.95. The minimum Gasteiger partial charge on any atom is -0.480 e. The van der Waals surface area contributed by atoms with Gasteiger partial charge in [0.25, 0.3) is 0 Å². The summed E-state index contributed by atoms with van der Waals surface area (Å²) in [6.07, 6.45) is 5.73. The van der Waals surface area contributed by atoms with Crippen molar-refractivity contribution in [1.29, 1.82) is 0 Å². The van der Waals surface area contributed by atoms with Crippen molar-refractivity contribution in [2.75, 3.05) is 20.1 Å². The van der Waals surface area contributed by atoms with E-state index in [1.807, 2.05) is 24.1 Å². The Kier molecular flexibility index (Phi) is 5.27. The lowest BCUT2D eigenvalue weighted by atomic mass is 10.0. The van der Waals surface area contributed by atoms with E-state index in [0.717, 1.165) is 18.4 Å². The van der Waals surface area contributed by atoms with E-state index in [1.54, 1.807) is 12.4 Å². The van der Waals surface area contributed by atoms with Crippen LogP contribution in [0.2, 0.25) is 0 Å². The average molecular weight is 291 g/mol. The van der Waals surface area contributed by atoms with Crippen LogP contribution < -0.4 is 0 Å². The maximum absolute atomic E-state index is 12.3. The van der Waals surface area contributed by atoms with Crippen LogP contribution in [0.1, 0.15) is 24.8 Å². The number of amides is 1. The molecule has 21 heavy (non-hydrogen) atoms. The van der Waals surface area contributed by atoms with Gasteiger partial charge in [0.2, 0.25) is 5.91 Å². The van der Waals surface area contributed by atoms with E-state index in [9.17, 15) is 14.7 Å². The van der Waals surface area contributed by atoms with E-state index in [4.69, 9.17) is 0 Å². The molecule has 0 unspecified atom stereocenters. The van der Waals surface area contributed by atoms with Gasteiger partial charge >= 0.3 is 5.97 Å². The summed E-state index contributed by atoms with van der Waals surface area (Å²) in [6, 6.07) is 3.14. The number of likely N-dealkylation sites (N-methyl/N-ethyl adjacent to an activating group) is 1. The minimum atomic E-state index is -0.903. The molecule has 2 rings (SSSR count). The Morgan fingerprint density at radius 1 is 1.38 bits per heavy atom. The third kappa shape index (κ3) is 4.26. The van der Waals surface area contributed by atoms with Gasteiger partial charge in [-0.1, -0.05) is 0 Å². The number of carboxylic acids is 1. The van der Waals surface area contributed by atoms with E-state index < -0.39 is 12.0 Å². The van der Waals surface area contributed by atoms with Crippen LogP contribution in [0.5, 0.6) is 0 Å². The van der Waals surface area contributed by atoms with Crippen molar-refractivity contribution in [3.63, 3.8) is 0 Å². The molecule has 0 aliphatic carbocycles. The van der Waals surface area contributed by atoms with Crippen molar-refractivity contribution < 1.29 is 14.7 Å². The van der Waals surface area contributed by atoms with Gasteiger partial charge in [0.1, 0.15) is 6.04 Å². The summed E-state index contributed by atoms with van der Waals surface area (Å²) >= 11 is 0. The van der Waals surface area contributed by atoms with E-state index in [0.29, 0.717) is 19.5 Å². The van der Waals surface area contributed by atoms with Crippen molar-refractivity contribution in [3.05, 3.63) is 30.1 Å². The fourth-order valence-electron chi connectivity index (χ4n) is 2.66. The molecule has 0 bridgehead atoms. The highest BCUT2D eigenvalue weighted by Crippen LogP contribution is 2.17. The van der Waals surface area contributed by atoms with Gasteiger partial charge in [-0.25, -0.2) is 4.79 Å². The second-order valence-electron chi connectivity index (χ2n) is 5.46. The molecule has 1 aliphatic rings. The number of carbonyl (C=O) groups excluding carboxylic acids is 1. The van der Waals surface area contributed by atoms with Crippen molar-refractivity contribution in [1.82, 2.24) is 14.8 Å². The van der Waals surface area contributed by atoms with Crippen LogP contribution in [0.15, 0.2) is 24.5 Å². The summed E-state index contributed by atoms with van der Waals surface area (Å²) in [5, 5.41) is 9.21. The molecule has 0 radical (unpaired) electrons. The molecule has 1 atom stereocenters. The molecular formula is C15H21N3O3. The highest BCUT2D eigenvalue weighted by molar-refractivity contribution is 5.85. The van der Waals surface area contributed by atoms with Crippen LogP contribution in [-0.4, -0.2) is 57.9 Å². The summed E-state index contributed by atoms with van der Waals surface area (Å²) in [5.74, 6) is -1.02. The molecular weight excluding hydrogens is 270 g/mol. The molecule has 0 saturated carbocycles. The molecule has 6 nitrogen and oxygen atoms in total. The number of carboxylic acid groups (broad SMARTS) is 1. The molecule has 1 fully saturated rings. The van der Waals surface area contributed by atoms with E-state index in [-0.39, 0.29) is 12.5 Å². The molecule has 1 aromatic heterocycles. The average Bonchev–Trinajstić information content (AvgIpc) is 2.48. The smallest absolute Gasteiger partial charge is 0.326 e. The van der Waals surface area contributed by atoms with Crippen molar-refractivity contribution in [3.8, 4) is 0 Å². The van der Waals surface area contributed by atoms with Crippen molar-refractivity contribution >= 4 is 11.9 Å². The summed E-state index contributed by atoms with van der Waals surface area (Å²) in [6.45, 7) is 1.41. The van der Waals surface area contributed by atoms with E-state index in [1.165, 1.54) is 4.90 Å². The number of likely N-dealkylation sites (tertiary alicyclic amines) is 1. The topological polar surface area (TPSA) is 73.7 Å². The lowest BCUT2D eigenvalue weighted by Gasteiger charge is -2.34. The number of rotatable bonds is 5. The van der Waals surface area contributed by atoms with Crippen molar-refractivity contribution in [2.45, 2.75) is 31.8 Å². The van der Waals surface area contributed by atoms with Crippen LogP contribution >= 0.6 is 0 Å². The van der Waals surface area contributed by atoms with Crippen LogP contribution in [-0.2, 0) is 16.1 Å². The minimum absolute atomic E-state index is 0.112. The van der Waals surface area contributed by atoms with Gasteiger partial charge in [-0.15, -0.1) is 0 Å². The normalized spacial score (nSPS) is 18.8. The second kappa shape index (κ2) is 7.17. The molecule has 1 amide bonds. The highest BCUT2D eigenvalue weighted by Gasteiger charge is 2.31. The monoisotopic (exact) mass is 291 g/mol. The Labute approximate surface area is 124 Å². The van der Waals surface area contributed by atoms with Gasteiger partial charge in [0.15, 0.2) is 0 Å². The maximum atomic E-state index is 12.3. The maximum Gasteiger partial charge on any atom is 0.326 e. The summed E-state index contributed by atoms with van der Waals surface area (Å²) in [5.41, 5.74) is 1.08. The largest absolute Gasteiger partial charge is 0.480 e. The van der Waals surface area contributed by atoms with Gasteiger partial charge < -0.3 is 10.0 Å². The molecule has 1 N–H and O–H groups in total. The predicted molar refractivity (Wildman–Crippen MR) is 77.6 cm³/mol. The number of nitrogens with zero attached hydrogens (tertiary/aromatic N) is 3. The van der Waals surface area contributed by atoms with Gasteiger partial charge in [0.05, 0.1) is 6.54 Å². The summed E-state index contributed by atoms with van der Waals surface area (Å²) < 4.78 is 0. The lowest BCUT2D eigenvalue weighted by molar-refractivity contribution is -0.152. The molecule has 2 heterocycles. The Bertz CT molecular complexity index is 492. The quantitative estimate of drug-likeness (QED) is 0.875. The Morgan fingerprint density at radius 2 is 2.10 bits per heavy atom. The Morgan fingerprint density at radius 3 is 2.76 bits per heavy atom. The van der Waals surface area contributed by atoms with Gasteiger partial charge in [-0.05, 0) is 44.0 Å². The molecule has 6 heteroatoms. The van der Waals surface area contributed by atoms with Gasteiger partial charge in [-0.3, -0.25) is 14.7 Å². The number of carbonyl (C=O) groups is 2. The molecule has 1 aromatic rings. The number of aromatic nitrogens is 1. The molecule has 0 aromatic carbocycles. The number of piperidine rings is 1. The molecule has 1 aliphatic heterocycles. The SMILES string of the molecule is CN(CC(=O)N1CCCC[C@H]1C(=O)O)Cc1ccncc1. The van der Waals surface area contributed by atoms with Crippen LogP contribution in [0.25, 0.3) is 0 Å². The fraction of sp³-hybridized carbons (Fsp3) is 0.533. The summed E-state index contributed by atoms with van der Waals surface area (Å²) in [4.78, 5) is 30.9. The van der Waals surface area contributed by atoms with Crippen LogP contribution in [0, 0.1) is 0 Å². The zero-order valence-corrected chi connectivity index (χ0v) is 12.2. The molecule has 0 spiro atoms. The summed E-state index contributed by atoms with van der Waals surface area (Å²) in [7, 11) is 1.86. The molecule has 114 valence electrons. The van der Waals surface area contributed by atoms with Crippen LogP contribution in [0.3, 0.4) is 0 Å².